The van der Waals surface area contributed by atoms with Crippen LogP contribution in [0.1, 0.15) is 12.8 Å². The van der Waals surface area contributed by atoms with Crippen molar-refractivity contribution in [2.75, 3.05) is 45.2 Å². The maximum Gasteiger partial charge on any atom is 0.319 e. The molecule has 3 aromatic carbocycles. The Kier molecular flexibility index (Phi) is 6.15. The van der Waals surface area contributed by atoms with Crippen molar-refractivity contribution in [1.82, 2.24) is 20.2 Å². The summed E-state index contributed by atoms with van der Waals surface area (Å²) in [5.41, 5.74) is 1.33. The minimum Gasteiger partial charge on any atom is -0.462 e. The van der Waals surface area contributed by atoms with Crippen molar-refractivity contribution in [3.8, 4) is 17.1 Å². The first-order valence-corrected chi connectivity index (χ1v) is 12.8. The highest BCUT2D eigenvalue weighted by atomic mass is 35.5. The molecule has 3 heterocycles. The molecule has 4 aromatic rings. The van der Waals surface area contributed by atoms with Crippen molar-refractivity contribution in [3.05, 3.63) is 59.4 Å². The molecule has 2 unspecified atom stereocenters. The quantitative estimate of drug-likeness (QED) is 0.392. The molecule has 6 rings (SSSR count). The van der Waals surface area contributed by atoms with Crippen molar-refractivity contribution < 1.29 is 9.13 Å². The standard InChI is InChI=1S/C28H29ClFN5O/c1-34(2)12-13-36-28-32-26-22(27(33-28)35-15-18-10-11-19(16-35)31-18)14-23(29)24(25(26)30)21-9-5-7-17-6-3-4-8-20(17)21/h3-9,14,18-19,31H,10-13,15-16H2,1-2H3. The van der Waals surface area contributed by atoms with Crippen LogP contribution in [0.15, 0.2) is 48.5 Å². The van der Waals surface area contributed by atoms with E-state index < -0.39 is 5.82 Å². The Morgan fingerprint density at radius 1 is 1.06 bits per heavy atom. The number of piperazine rings is 1. The van der Waals surface area contributed by atoms with Gasteiger partial charge in [0.15, 0.2) is 5.82 Å². The van der Waals surface area contributed by atoms with Gasteiger partial charge in [-0.2, -0.15) is 9.97 Å². The molecule has 2 fully saturated rings. The highest BCUT2D eigenvalue weighted by Crippen LogP contribution is 2.41. The van der Waals surface area contributed by atoms with Gasteiger partial charge in [0.1, 0.15) is 17.9 Å². The summed E-state index contributed by atoms with van der Waals surface area (Å²) < 4.78 is 22.3. The van der Waals surface area contributed by atoms with Crippen LogP contribution in [-0.2, 0) is 0 Å². The van der Waals surface area contributed by atoms with Crippen LogP contribution >= 0.6 is 11.6 Å². The third-order valence-corrected chi connectivity index (χ3v) is 7.49. The number of nitrogens with one attached hydrogen (secondary N) is 1. The molecule has 1 N–H and O–H groups in total. The zero-order valence-electron chi connectivity index (χ0n) is 20.5. The van der Waals surface area contributed by atoms with Crippen LogP contribution in [0, 0.1) is 5.82 Å². The van der Waals surface area contributed by atoms with Gasteiger partial charge in [-0.05, 0) is 49.3 Å². The molecule has 2 bridgehead atoms. The van der Waals surface area contributed by atoms with Crippen LogP contribution in [0.5, 0.6) is 6.01 Å². The van der Waals surface area contributed by atoms with Gasteiger partial charge in [0.25, 0.3) is 0 Å². The highest BCUT2D eigenvalue weighted by molar-refractivity contribution is 6.35. The molecule has 186 valence electrons. The van der Waals surface area contributed by atoms with Gasteiger partial charge in [-0.25, -0.2) is 4.39 Å². The van der Waals surface area contributed by atoms with E-state index in [9.17, 15) is 0 Å². The first kappa shape index (κ1) is 23.4. The smallest absolute Gasteiger partial charge is 0.319 e. The Hall–Kier alpha value is -3.00. The molecule has 36 heavy (non-hydrogen) atoms. The molecule has 0 aliphatic carbocycles. The lowest BCUT2D eigenvalue weighted by molar-refractivity contribution is 0.246. The second kappa shape index (κ2) is 9.47. The van der Waals surface area contributed by atoms with E-state index in [0.29, 0.717) is 47.0 Å². The van der Waals surface area contributed by atoms with Crippen molar-refractivity contribution in [3.63, 3.8) is 0 Å². The minimum atomic E-state index is -0.451. The number of nitrogens with zero attached hydrogens (tertiary/aromatic N) is 4. The second-order valence-corrected chi connectivity index (χ2v) is 10.4. The summed E-state index contributed by atoms with van der Waals surface area (Å²) in [6, 6.07) is 16.6. The fourth-order valence-electron chi connectivity index (χ4n) is 5.45. The summed E-state index contributed by atoms with van der Waals surface area (Å²) in [7, 11) is 3.95. The van der Waals surface area contributed by atoms with Gasteiger partial charge in [0.2, 0.25) is 0 Å². The van der Waals surface area contributed by atoms with Crippen LogP contribution < -0.4 is 15.0 Å². The van der Waals surface area contributed by atoms with Crippen molar-refractivity contribution in [1.29, 1.82) is 0 Å². The van der Waals surface area contributed by atoms with Gasteiger partial charge >= 0.3 is 6.01 Å². The van der Waals surface area contributed by atoms with E-state index in [4.69, 9.17) is 21.3 Å². The molecule has 8 heteroatoms. The predicted octanol–water partition coefficient (Wildman–Crippen LogP) is 5.12. The maximum absolute atomic E-state index is 16.4. The van der Waals surface area contributed by atoms with E-state index in [2.05, 4.69) is 15.2 Å². The number of hydrogen-bond acceptors (Lipinski definition) is 6. The van der Waals surface area contributed by atoms with Crippen molar-refractivity contribution >= 4 is 39.1 Å². The Morgan fingerprint density at radius 3 is 2.58 bits per heavy atom. The number of likely N-dealkylation sites (N-methyl/N-ethyl adjacent to an activating group) is 1. The number of aromatic nitrogens is 2. The van der Waals surface area contributed by atoms with Crippen molar-refractivity contribution in [2.24, 2.45) is 0 Å². The number of halogens is 2. The first-order chi connectivity index (χ1) is 17.5. The number of anilines is 1. The van der Waals surface area contributed by atoms with Crippen molar-refractivity contribution in [2.45, 2.75) is 24.9 Å². The van der Waals surface area contributed by atoms with E-state index in [-0.39, 0.29) is 11.5 Å². The Bertz CT molecular complexity index is 1430. The van der Waals surface area contributed by atoms with Gasteiger partial charge in [0, 0.05) is 42.7 Å². The maximum atomic E-state index is 16.4. The fourth-order valence-corrected chi connectivity index (χ4v) is 5.74. The fraction of sp³-hybridized carbons (Fsp3) is 0.357. The topological polar surface area (TPSA) is 53.5 Å². The Labute approximate surface area is 215 Å². The number of ether oxygens (including phenoxy) is 1. The third kappa shape index (κ3) is 4.25. The molecule has 2 saturated heterocycles. The van der Waals surface area contributed by atoms with Crippen LogP contribution in [-0.4, -0.2) is 67.3 Å². The summed E-state index contributed by atoms with van der Waals surface area (Å²) in [4.78, 5) is 13.6. The molecule has 0 saturated carbocycles. The van der Waals surface area contributed by atoms with Gasteiger partial charge in [0.05, 0.1) is 5.02 Å². The average molecular weight is 506 g/mol. The summed E-state index contributed by atoms with van der Waals surface area (Å²) >= 11 is 6.82. The van der Waals surface area contributed by atoms with Crippen LogP contribution in [0.2, 0.25) is 5.02 Å². The van der Waals surface area contributed by atoms with Gasteiger partial charge in [-0.3, -0.25) is 0 Å². The zero-order valence-corrected chi connectivity index (χ0v) is 21.2. The lowest BCUT2D eigenvalue weighted by Gasteiger charge is -2.34. The number of rotatable bonds is 6. The van der Waals surface area contributed by atoms with Gasteiger partial charge in [-0.15, -0.1) is 0 Å². The average Bonchev–Trinajstić information content (AvgIpc) is 3.21. The summed E-state index contributed by atoms with van der Waals surface area (Å²) in [6.45, 7) is 2.74. The normalized spacial score (nSPS) is 19.5. The zero-order chi connectivity index (χ0) is 24.8. The molecule has 1 aromatic heterocycles. The molecule has 0 radical (unpaired) electrons. The largest absolute Gasteiger partial charge is 0.462 e. The predicted molar refractivity (Wildman–Crippen MR) is 144 cm³/mol. The molecule has 0 spiro atoms. The number of benzene rings is 3. The van der Waals surface area contributed by atoms with Crippen LogP contribution in [0.4, 0.5) is 10.2 Å². The van der Waals surface area contributed by atoms with Crippen LogP contribution in [0.25, 0.3) is 32.8 Å². The summed E-state index contributed by atoms with van der Waals surface area (Å²) in [5, 5.41) is 6.58. The molecule has 2 aliphatic rings. The molecule has 6 nitrogen and oxygen atoms in total. The SMILES string of the molecule is CN(C)CCOc1nc(N2CC3CCC(C2)N3)c2cc(Cl)c(-c3cccc4ccccc34)c(F)c2n1. The lowest BCUT2D eigenvalue weighted by atomic mass is 9.96. The van der Waals surface area contributed by atoms with Gasteiger partial charge < -0.3 is 19.9 Å². The molecule has 2 aliphatic heterocycles. The van der Waals surface area contributed by atoms with Gasteiger partial charge in [-0.1, -0.05) is 54.1 Å². The molecule has 0 amide bonds. The summed E-state index contributed by atoms with van der Waals surface area (Å²) in [6.07, 6.45) is 2.27. The first-order valence-electron chi connectivity index (χ1n) is 12.4. The van der Waals surface area contributed by atoms with E-state index >= 15 is 4.39 Å². The third-order valence-electron chi connectivity index (χ3n) is 7.19. The molecular weight excluding hydrogens is 477 g/mol. The minimum absolute atomic E-state index is 0.190. The molecule has 2 atom stereocenters. The van der Waals surface area contributed by atoms with E-state index in [1.165, 1.54) is 0 Å². The highest BCUT2D eigenvalue weighted by Gasteiger charge is 2.34. The number of fused-ring (bicyclic) bond motifs is 4. The Balaban J connectivity index is 1.52. The van der Waals surface area contributed by atoms with E-state index in [1.807, 2.05) is 67.5 Å². The molecular formula is C28H29ClFN5O. The van der Waals surface area contributed by atoms with Crippen LogP contribution in [0.3, 0.4) is 0 Å². The monoisotopic (exact) mass is 505 g/mol. The Morgan fingerprint density at radius 2 is 1.81 bits per heavy atom. The van der Waals surface area contributed by atoms with E-state index in [0.717, 1.165) is 42.3 Å². The lowest BCUT2D eigenvalue weighted by Crippen LogP contribution is -2.51. The van der Waals surface area contributed by atoms with E-state index in [1.54, 1.807) is 0 Å². The second-order valence-electron chi connectivity index (χ2n) is 9.99. The number of hydrogen-bond donors (Lipinski definition) is 1. The summed E-state index contributed by atoms with van der Waals surface area (Å²) in [5.74, 6) is 0.233.